The summed E-state index contributed by atoms with van der Waals surface area (Å²) in [5.74, 6) is -0.188. The fourth-order valence-electron chi connectivity index (χ4n) is 2.59. The second-order valence-corrected chi connectivity index (χ2v) is 6.10. The van der Waals surface area contributed by atoms with Gasteiger partial charge in [-0.25, -0.2) is 0 Å². The van der Waals surface area contributed by atoms with Gasteiger partial charge in [0.25, 0.3) is 5.91 Å². The lowest BCUT2D eigenvalue weighted by molar-refractivity contribution is 0.0977. The second-order valence-electron chi connectivity index (χ2n) is 5.69. The number of amides is 1. The van der Waals surface area contributed by atoms with Crippen molar-refractivity contribution in [2.45, 2.75) is 34.1 Å². The average Bonchev–Trinajstić information content (AvgIpc) is 2.49. The molecular weight excluding hydrogens is 304 g/mol. The van der Waals surface area contributed by atoms with Crippen LogP contribution in [-0.2, 0) is 6.42 Å². The Morgan fingerprint density at radius 3 is 2.48 bits per heavy atom. The minimum Gasteiger partial charge on any atom is -0.332 e. The van der Waals surface area contributed by atoms with Gasteiger partial charge < -0.3 is 5.32 Å². The third-order valence-corrected chi connectivity index (χ3v) is 4.04. The van der Waals surface area contributed by atoms with Crippen molar-refractivity contribution in [1.29, 1.82) is 0 Å². The highest BCUT2D eigenvalue weighted by molar-refractivity contribution is 7.80. The van der Waals surface area contributed by atoms with Crippen LogP contribution in [0.5, 0.6) is 0 Å². The summed E-state index contributed by atoms with van der Waals surface area (Å²) >= 11 is 5.31. The van der Waals surface area contributed by atoms with Gasteiger partial charge in [0, 0.05) is 11.3 Å². The van der Waals surface area contributed by atoms with Gasteiger partial charge in [-0.15, -0.1) is 0 Å². The van der Waals surface area contributed by atoms with Crippen LogP contribution in [0.25, 0.3) is 0 Å². The Labute approximate surface area is 143 Å². The molecule has 2 aromatic carbocycles. The SMILES string of the molecule is CCc1cccc(C)c1NC(=S)NC(=O)c1ccc(C)cc1C. The molecule has 3 nitrogen and oxygen atoms in total. The van der Waals surface area contributed by atoms with E-state index in [0.717, 1.165) is 28.8 Å². The molecule has 0 aliphatic carbocycles. The summed E-state index contributed by atoms with van der Waals surface area (Å²) < 4.78 is 0. The van der Waals surface area contributed by atoms with E-state index >= 15 is 0 Å². The molecular formula is C19H22N2OS. The third-order valence-electron chi connectivity index (χ3n) is 3.83. The molecule has 4 heteroatoms. The molecule has 0 saturated heterocycles. The molecule has 0 saturated carbocycles. The maximum absolute atomic E-state index is 12.4. The molecule has 120 valence electrons. The molecule has 2 N–H and O–H groups in total. The van der Waals surface area contributed by atoms with Crippen LogP contribution in [0.4, 0.5) is 5.69 Å². The number of anilines is 1. The van der Waals surface area contributed by atoms with Crippen LogP contribution in [0.1, 0.15) is 39.5 Å². The van der Waals surface area contributed by atoms with Crippen LogP contribution in [-0.4, -0.2) is 11.0 Å². The van der Waals surface area contributed by atoms with Gasteiger partial charge >= 0.3 is 0 Å². The summed E-state index contributed by atoms with van der Waals surface area (Å²) in [6, 6.07) is 11.8. The highest BCUT2D eigenvalue weighted by Crippen LogP contribution is 2.21. The normalized spacial score (nSPS) is 10.3. The van der Waals surface area contributed by atoms with Crippen molar-refractivity contribution in [3.63, 3.8) is 0 Å². The maximum Gasteiger partial charge on any atom is 0.257 e. The maximum atomic E-state index is 12.4. The Kier molecular flexibility index (Phi) is 5.50. The number of aryl methyl sites for hydroxylation is 4. The second kappa shape index (κ2) is 7.38. The molecule has 2 rings (SSSR count). The van der Waals surface area contributed by atoms with E-state index in [2.05, 4.69) is 23.6 Å². The first-order chi connectivity index (χ1) is 10.9. The molecule has 0 heterocycles. The minimum absolute atomic E-state index is 0.188. The first-order valence-corrected chi connectivity index (χ1v) is 8.11. The number of rotatable bonds is 3. The van der Waals surface area contributed by atoms with Gasteiger partial charge in [0.05, 0.1) is 0 Å². The monoisotopic (exact) mass is 326 g/mol. The number of hydrogen-bond donors (Lipinski definition) is 2. The van der Waals surface area contributed by atoms with Crippen LogP contribution in [0.15, 0.2) is 36.4 Å². The Morgan fingerprint density at radius 2 is 1.83 bits per heavy atom. The first-order valence-electron chi connectivity index (χ1n) is 7.70. The first kappa shape index (κ1) is 17.2. The molecule has 0 radical (unpaired) electrons. The number of carbonyl (C=O) groups excluding carboxylic acids is 1. The lowest BCUT2D eigenvalue weighted by atomic mass is 10.1. The lowest BCUT2D eigenvalue weighted by Crippen LogP contribution is -2.35. The molecule has 0 atom stereocenters. The van der Waals surface area contributed by atoms with E-state index in [1.54, 1.807) is 0 Å². The molecule has 0 bridgehead atoms. The Balaban J connectivity index is 2.12. The number of benzene rings is 2. The summed E-state index contributed by atoms with van der Waals surface area (Å²) in [5.41, 5.74) is 5.96. The topological polar surface area (TPSA) is 41.1 Å². The van der Waals surface area contributed by atoms with Gasteiger partial charge in [-0.3, -0.25) is 10.1 Å². The third kappa shape index (κ3) is 4.17. The van der Waals surface area contributed by atoms with Crippen molar-refractivity contribution >= 4 is 28.9 Å². The van der Waals surface area contributed by atoms with Crippen molar-refractivity contribution in [3.8, 4) is 0 Å². The fourth-order valence-corrected chi connectivity index (χ4v) is 2.78. The Bertz CT molecular complexity index is 753. The Morgan fingerprint density at radius 1 is 1.09 bits per heavy atom. The van der Waals surface area contributed by atoms with E-state index in [-0.39, 0.29) is 5.91 Å². The molecule has 1 amide bonds. The van der Waals surface area contributed by atoms with Crippen LogP contribution >= 0.6 is 12.2 Å². The van der Waals surface area contributed by atoms with Gasteiger partial charge in [0.2, 0.25) is 0 Å². The van der Waals surface area contributed by atoms with E-state index in [4.69, 9.17) is 12.2 Å². The zero-order valence-corrected chi connectivity index (χ0v) is 14.8. The van der Waals surface area contributed by atoms with Crippen molar-refractivity contribution in [1.82, 2.24) is 5.32 Å². The van der Waals surface area contributed by atoms with E-state index in [1.165, 1.54) is 5.56 Å². The number of hydrogen-bond acceptors (Lipinski definition) is 2. The fraction of sp³-hybridized carbons (Fsp3) is 0.263. The highest BCUT2D eigenvalue weighted by atomic mass is 32.1. The zero-order valence-electron chi connectivity index (χ0n) is 14.0. The van der Waals surface area contributed by atoms with Crippen molar-refractivity contribution in [2.75, 3.05) is 5.32 Å². The summed E-state index contributed by atoms with van der Waals surface area (Å²) in [5, 5.41) is 6.24. The van der Waals surface area contributed by atoms with E-state index in [1.807, 2.05) is 51.1 Å². The number of carbonyl (C=O) groups is 1. The Hall–Kier alpha value is -2.20. The summed E-state index contributed by atoms with van der Waals surface area (Å²) in [4.78, 5) is 12.4. The van der Waals surface area contributed by atoms with Gasteiger partial charge in [-0.05, 0) is 62.2 Å². The van der Waals surface area contributed by atoms with E-state index in [9.17, 15) is 4.79 Å². The van der Waals surface area contributed by atoms with Crippen LogP contribution in [0, 0.1) is 20.8 Å². The summed E-state index contributed by atoms with van der Waals surface area (Å²) in [7, 11) is 0. The molecule has 0 spiro atoms. The molecule has 23 heavy (non-hydrogen) atoms. The zero-order chi connectivity index (χ0) is 17.0. The number of para-hydroxylation sites is 1. The standard InChI is InChI=1S/C19H22N2OS/c1-5-15-8-6-7-13(3)17(15)20-19(23)21-18(22)16-10-9-12(2)11-14(16)4/h6-11H,5H2,1-4H3,(H2,20,21,22,23). The van der Waals surface area contributed by atoms with Crippen LogP contribution in [0.3, 0.4) is 0 Å². The lowest BCUT2D eigenvalue weighted by Gasteiger charge is -2.15. The van der Waals surface area contributed by atoms with Gasteiger partial charge in [0.15, 0.2) is 5.11 Å². The van der Waals surface area contributed by atoms with Crippen molar-refractivity contribution < 1.29 is 4.79 Å². The van der Waals surface area contributed by atoms with Crippen molar-refractivity contribution in [3.05, 3.63) is 64.2 Å². The van der Waals surface area contributed by atoms with E-state index in [0.29, 0.717) is 10.7 Å². The largest absolute Gasteiger partial charge is 0.332 e. The number of thiocarbonyl (C=S) groups is 1. The molecule has 0 fully saturated rings. The molecule has 2 aromatic rings. The molecule has 0 aromatic heterocycles. The van der Waals surface area contributed by atoms with Crippen LogP contribution < -0.4 is 10.6 Å². The van der Waals surface area contributed by atoms with E-state index < -0.39 is 0 Å². The van der Waals surface area contributed by atoms with Gasteiger partial charge in [-0.1, -0.05) is 42.8 Å². The van der Waals surface area contributed by atoms with Crippen LogP contribution in [0.2, 0.25) is 0 Å². The average molecular weight is 326 g/mol. The summed E-state index contributed by atoms with van der Waals surface area (Å²) in [6.07, 6.45) is 0.900. The van der Waals surface area contributed by atoms with Gasteiger partial charge in [0.1, 0.15) is 0 Å². The predicted molar refractivity (Wildman–Crippen MR) is 100 cm³/mol. The minimum atomic E-state index is -0.188. The van der Waals surface area contributed by atoms with Crippen molar-refractivity contribution in [2.24, 2.45) is 0 Å². The molecule has 0 aliphatic heterocycles. The quantitative estimate of drug-likeness (QED) is 0.826. The number of nitrogens with one attached hydrogen (secondary N) is 2. The molecule has 0 unspecified atom stereocenters. The summed E-state index contributed by atoms with van der Waals surface area (Å²) in [6.45, 7) is 8.05. The predicted octanol–water partition coefficient (Wildman–Crippen LogP) is 4.30. The van der Waals surface area contributed by atoms with Gasteiger partial charge in [-0.2, -0.15) is 0 Å². The molecule has 0 aliphatic rings. The highest BCUT2D eigenvalue weighted by Gasteiger charge is 2.12. The smallest absolute Gasteiger partial charge is 0.257 e.